The molecule has 0 bridgehead atoms. The van der Waals surface area contributed by atoms with Gasteiger partial charge in [-0.1, -0.05) is 47.6 Å². The van der Waals surface area contributed by atoms with Crippen molar-refractivity contribution in [2.75, 3.05) is 0 Å². The van der Waals surface area contributed by atoms with E-state index in [4.69, 9.17) is 0 Å². The van der Waals surface area contributed by atoms with Crippen LogP contribution in [0.25, 0.3) is 0 Å². The van der Waals surface area contributed by atoms with Gasteiger partial charge in [0.05, 0.1) is 0 Å². The fourth-order valence-corrected chi connectivity index (χ4v) is 3.68. The predicted molar refractivity (Wildman–Crippen MR) is 94.0 cm³/mol. The molecule has 1 aromatic carbocycles. The number of nitrogens with one attached hydrogen (secondary N) is 1. The highest BCUT2D eigenvalue weighted by molar-refractivity contribution is 9.10. The highest BCUT2D eigenvalue weighted by Gasteiger charge is 2.08. The number of hydrogen-bond donors (Lipinski definition) is 1. The lowest BCUT2D eigenvalue weighted by Gasteiger charge is -2.13. The van der Waals surface area contributed by atoms with Crippen molar-refractivity contribution in [3.05, 3.63) is 51.6 Å². The standard InChI is InChI=1S/C17H21BrN2S/c1-11(2)19-10-14-5-6-15(18)9-16(14)21-17-8-12(3)7-13(4)20-17/h5-9,11,19H,10H2,1-4H3. The lowest BCUT2D eigenvalue weighted by atomic mass is 10.2. The van der Waals surface area contributed by atoms with E-state index in [1.807, 2.05) is 6.92 Å². The van der Waals surface area contributed by atoms with Crippen molar-refractivity contribution in [3.8, 4) is 0 Å². The highest BCUT2D eigenvalue weighted by Crippen LogP contribution is 2.32. The summed E-state index contributed by atoms with van der Waals surface area (Å²) in [4.78, 5) is 5.87. The minimum atomic E-state index is 0.478. The van der Waals surface area contributed by atoms with Gasteiger partial charge in [-0.3, -0.25) is 0 Å². The monoisotopic (exact) mass is 364 g/mol. The average molecular weight is 365 g/mol. The molecule has 0 radical (unpaired) electrons. The molecule has 0 aliphatic heterocycles. The zero-order valence-electron chi connectivity index (χ0n) is 12.9. The normalized spacial score (nSPS) is 11.1. The molecule has 0 saturated heterocycles. The largest absolute Gasteiger partial charge is 0.310 e. The van der Waals surface area contributed by atoms with E-state index in [0.29, 0.717) is 6.04 Å². The van der Waals surface area contributed by atoms with Crippen molar-refractivity contribution in [3.63, 3.8) is 0 Å². The second-order valence-electron chi connectivity index (χ2n) is 5.51. The van der Waals surface area contributed by atoms with Gasteiger partial charge in [0.25, 0.3) is 0 Å². The first-order valence-corrected chi connectivity index (χ1v) is 8.70. The lowest BCUT2D eigenvalue weighted by Crippen LogP contribution is -2.22. The summed E-state index contributed by atoms with van der Waals surface area (Å²) < 4.78 is 1.10. The Morgan fingerprint density at radius 2 is 1.95 bits per heavy atom. The minimum Gasteiger partial charge on any atom is -0.310 e. The SMILES string of the molecule is Cc1cc(C)nc(Sc2cc(Br)ccc2CNC(C)C)c1. The van der Waals surface area contributed by atoms with Crippen LogP contribution < -0.4 is 5.32 Å². The number of pyridine rings is 1. The van der Waals surface area contributed by atoms with Gasteiger partial charge in [-0.05, 0) is 49.2 Å². The third kappa shape index (κ3) is 5.13. The van der Waals surface area contributed by atoms with E-state index in [1.54, 1.807) is 11.8 Å². The molecule has 0 aliphatic rings. The van der Waals surface area contributed by atoms with Crippen LogP contribution in [-0.4, -0.2) is 11.0 Å². The van der Waals surface area contributed by atoms with Crippen LogP contribution in [0, 0.1) is 13.8 Å². The van der Waals surface area contributed by atoms with Gasteiger partial charge in [-0.25, -0.2) is 4.98 Å². The molecule has 0 saturated carbocycles. The molecule has 2 rings (SSSR count). The van der Waals surface area contributed by atoms with Gasteiger partial charge < -0.3 is 5.32 Å². The summed E-state index contributed by atoms with van der Waals surface area (Å²) in [5, 5.41) is 4.53. The van der Waals surface area contributed by atoms with Crippen molar-refractivity contribution in [2.45, 2.75) is 50.2 Å². The number of benzene rings is 1. The molecule has 0 unspecified atom stereocenters. The van der Waals surface area contributed by atoms with E-state index in [2.05, 4.69) is 77.3 Å². The summed E-state index contributed by atoms with van der Waals surface area (Å²) in [6, 6.07) is 11.2. The molecule has 2 aromatic rings. The number of hydrogen-bond acceptors (Lipinski definition) is 3. The van der Waals surface area contributed by atoms with Crippen LogP contribution >= 0.6 is 27.7 Å². The van der Waals surface area contributed by atoms with Crippen LogP contribution in [0.5, 0.6) is 0 Å². The molecule has 0 spiro atoms. The average Bonchev–Trinajstić information content (AvgIpc) is 2.36. The number of rotatable bonds is 5. The van der Waals surface area contributed by atoms with Crippen LogP contribution in [0.15, 0.2) is 44.7 Å². The van der Waals surface area contributed by atoms with Crippen molar-refractivity contribution in [1.82, 2.24) is 10.3 Å². The Morgan fingerprint density at radius 1 is 1.19 bits per heavy atom. The number of aromatic nitrogens is 1. The zero-order valence-corrected chi connectivity index (χ0v) is 15.3. The summed E-state index contributed by atoms with van der Waals surface area (Å²) in [7, 11) is 0. The summed E-state index contributed by atoms with van der Waals surface area (Å²) in [6.45, 7) is 9.35. The fourth-order valence-electron chi connectivity index (χ4n) is 2.05. The molecule has 0 fully saturated rings. The molecule has 1 N–H and O–H groups in total. The van der Waals surface area contributed by atoms with Gasteiger partial charge in [-0.2, -0.15) is 0 Å². The second-order valence-corrected chi connectivity index (χ2v) is 7.49. The first-order valence-electron chi connectivity index (χ1n) is 7.09. The number of nitrogens with zero attached hydrogens (tertiary/aromatic N) is 1. The van der Waals surface area contributed by atoms with Crippen molar-refractivity contribution in [2.24, 2.45) is 0 Å². The smallest absolute Gasteiger partial charge is 0.101 e. The molecule has 4 heteroatoms. The van der Waals surface area contributed by atoms with E-state index in [0.717, 1.165) is 21.7 Å². The van der Waals surface area contributed by atoms with E-state index in [1.165, 1.54) is 16.0 Å². The van der Waals surface area contributed by atoms with Crippen LogP contribution in [0.4, 0.5) is 0 Å². The lowest BCUT2D eigenvalue weighted by molar-refractivity contribution is 0.584. The summed E-state index contributed by atoms with van der Waals surface area (Å²) in [5.41, 5.74) is 3.62. The van der Waals surface area contributed by atoms with Crippen molar-refractivity contribution < 1.29 is 0 Å². The fraction of sp³-hybridized carbons (Fsp3) is 0.353. The van der Waals surface area contributed by atoms with Crippen LogP contribution in [0.2, 0.25) is 0 Å². The van der Waals surface area contributed by atoms with Gasteiger partial charge in [0, 0.05) is 27.6 Å². The van der Waals surface area contributed by atoms with E-state index >= 15 is 0 Å². The maximum absolute atomic E-state index is 4.62. The second kappa shape index (κ2) is 7.43. The molecule has 0 atom stereocenters. The number of halogens is 1. The summed E-state index contributed by atoms with van der Waals surface area (Å²) in [6.07, 6.45) is 0. The third-order valence-electron chi connectivity index (χ3n) is 3.02. The summed E-state index contributed by atoms with van der Waals surface area (Å²) in [5.74, 6) is 0. The Labute approximate surface area is 139 Å². The Bertz CT molecular complexity index is 606. The first-order chi connectivity index (χ1) is 9.94. The summed E-state index contributed by atoms with van der Waals surface area (Å²) >= 11 is 5.29. The molecule has 112 valence electrons. The third-order valence-corrected chi connectivity index (χ3v) is 4.53. The van der Waals surface area contributed by atoms with Crippen LogP contribution in [0.1, 0.15) is 30.7 Å². The Hall–Kier alpha value is -0.840. The molecular formula is C17H21BrN2S. The van der Waals surface area contributed by atoms with Gasteiger partial charge in [0.2, 0.25) is 0 Å². The maximum atomic E-state index is 4.62. The Kier molecular flexibility index (Phi) is 5.85. The quantitative estimate of drug-likeness (QED) is 0.797. The molecule has 1 heterocycles. The Balaban J connectivity index is 2.26. The highest BCUT2D eigenvalue weighted by atomic mass is 79.9. The molecule has 21 heavy (non-hydrogen) atoms. The van der Waals surface area contributed by atoms with Gasteiger partial charge in [0.15, 0.2) is 0 Å². The van der Waals surface area contributed by atoms with Gasteiger partial charge in [0.1, 0.15) is 5.03 Å². The van der Waals surface area contributed by atoms with E-state index < -0.39 is 0 Å². The van der Waals surface area contributed by atoms with Gasteiger partial charge >= 0.3 is 0 Å². The Morgan fingerprint density at radius 3 is 2.62 bits per heavy atom. The minimum absolute atomic E-state index is 0.478. The van der Waals surface area contributed by atoms with Crippen LogP contribution in [0.3, 0.4) is 0 Å². The molecule has 0 amide bonds. The zero-order chi connectivity index (χ0) is 15.4. The molecule has 1 aromatic heterocycles. The first kappa shape index (κ1) is 16.5. The predicted octanol–water partition coefficient (Wildman–Crippen LogP) is 5.11. The molecule has 2 nitrogen and oxygen atoms in total. The number of aryl methyl sites for hydroxylation is 2. The van der Waals surface area contributed by atoms with E-state index in [-0.39, 0.29) is 0 Å². The molecular weight excluding hydrogens is 344 g/mol. The van der Waals surface area contributed by atoms with Crippen molar-refractivity contribution in [1.29, 1.82) is 0 Å². The van der Waals surface area contributed by atoms with Crippen LogP contribution in [-0.2, 0) is 6.54 Å². The van der Waals surface area contributed by atoms with Crippen molar-refractivity contribution >= 4 is 27.7 Å². The van der Waals surface area contributed by atoms with E-state index in [9.17, 15) is 0 Å². The molecule has 0 aliphatic carbocycles. The van der Waals surface area contributed by atoms with Gasteiger partial charge in [-0.15, -0.1) is 0 Å². The topological polar surface area (TPSA) is 24.9 Å². The maximum Gasteiger partial charge on any atom is 0.101 e.